The lowest BCUT2D eigenvalue weighted by Gasteiger charge is -2.24. The van der Waals surface area contributed by atoms with Gasteiger partial charge in [-0.1, -0.05) is 12.1 Å². The van der Waals surface area contributed by atoms with Crippen LogP contribution in [0, 0.1) is 17.1 Å². The van der Waals surface area contributed by atoms with E-state index in [9.17, 15) is 9.18 Å². The van der Waals surface area contributed by atoms with Crippen LogP contribution in [0.4, 0.5) is 14.9 Å². The molecule has 0 bridgehead atoms. The number of para-hydroxylation sites is 1. The zero-order chi connectivity index (χ0) is 12.8. The van der Waals surface area contributed by atoms with Crippen molar-refractivity contribution in [2.24, 2.45) is 0 Å². The molecule has 0 fully saturated rings. The summed E-state index contributed by atoms with van der Waals surface area (Å²) in [6, 6.07) is 7.20. The normalized spacial score (nSPS) is 9.82. The van der Waals surface area contributed by atoms with E-state index in [-0.39, 0.29) is 18.3 Å². The van der Waals surface area contributed by atoms with E-state index in [1.54, 1.807) is 26.0 Å². The summed E-state index contributed by atoms with van der Waals surface area (Å²) in [6.45, 7) is 3.55. The van der Waals surface area contributed by atoms with Crippen LogP contribution in [0.5, 0.6) is 0 Å². The second kappa shape index (κ2) is 5.85. The SMILES string of the molecule is CC(C)N(CC#N)C(=O)Nc1ccccc1F. The fraction of sp³-hybridized carbons (Fsp3) is 0.333. The zero-order valence-corrected chi connectivity index (χ0v) is 9.77. The molecule has 0 aliphatic heterocycles. The third kappa shape index (κ3) is 3.45. The molecule has 0 saturated carbocycles. The van der Waals surface area contributed by atoms with Crippen molar-refractivity contribution in [2.75, 3.05) is 11.9 Å². The number of benzene rings is 1. The van der Waals surface area contributed by atoms with Gasteiger partial charge in [-0.3, -0.25) is 0 Å². The Morgan fingerprint density at radius 2 is 2.18 bits per heavy atom. The first kappa shape index (κ1) is 13.0. The van der Waals surface area contributed by atoms with Gasteiger partial charge < -0.3 is 10.2 Å². The first-order valence-electron chi connectivity index (χ1n) is 5.25. The molecule has 1 aromatic carbocycles. The van der Waals surface area contributed by atoms with Crippen LogP contribution in [-0.2, 0) is 0 Å². The van der Waals surface area contributed by atoms with E-state index in [4.69, 9.17) is 5.26 Å². The summed E-state index contributed by atoms with van der Waals surface area (Å²) >= 11 is 0. The van der Waals surface area contributed by atoms with Crippen molar-refractivity contribution in [3.05, 3.63) is 30.1 Å². The summed E-state index contributed by atoms with van der Waals surface area (Å²) in [5, 5.41) is 11.0. The Morgan fingerprint density at radius 1 is 1.53 bits per heavy atom. The van der Waals surface area contributed by atoms with Gasteiger partial charge in [0.1, 0.15) is 12.4 Å². The maximum Gasteiger partial charge on any atom is 0.323 e. The molecule has 2 amide bonds. The highest BCUT2D eigenvalue weighted by Gasteiger charge is 2.17. The minimum Gasteiger partial charge on any atom is -0.309 e. The molecule has 5 heteroatoms. The molecule has 4 nitrogen and oxygen atoms in total. The summed E-state index contributed by atoms with van der Waals surface area (Å²) < 4.78 is 13.3. The van der Waals surface area contributed by atoms with E-state index in [0.29, 0.717) is 0 Å². The maximum atomic E-state index is 13.3. The van der Waals surface area contributed by atoms with Crippen molar-refractivity contribution >= 4 is 11.7 Å². The molecule has 90 valence electrons. The Labute approximate surface area is 99.7 Å². The van der Waals surface area contributed by atoms with Gasteiger partial charge in [0.05, 0.1) is 11.8 Å². The number of halogens is 1. The first-order chi connectivity index (χ1) is 8.06. The lowest BCUT2D eigenvalue weighted by molar-refractivity contribution is 0.205. The molecule has 17 heavy (non-hydrogen) atoms. The zero-order valence-electron chi connectivity index (χ0n) is 9.77. The first-order valence-corrected chi connectivity index (χ1v) is 5.25. The Bertz CT molecular complexity index is 440. The minimum absolute atomic E-state index is 0.0298. The number of amides is 2. The Hall–Kier alpha value is -2.09. The summed E-state index contributed by atoms with van der Waals surface area (Å²) in [5.41, 5.74) is 0.112. The van der Waals surface area contributed by atoms with Gasteiger partial charge in [0, 0.05) is 6.04 Å². The standard InChI is InChI=1S/C12H14FN3O/c1-9(2)16(8-7-14)12(17)15-11-6-4-3-5-10(11)13/h3-6,9H,8H2,1-2H3,(H,15,17). The molecule has 0 aliphatic rings. The van der Waals surface area contributed by atoms with Gasteiger partial charge in [-0.25, -0.2) is 9.18 Å². The van der Waals surface area contributed by atoms with Gasteiger partial charge in [-0.15, -0.1) is 0 Å². The molecule has 0 saturated heterocycles. The molecular formula is C12H14FN3O. The van der Waals surface area contributed by atoms with Gasteiger partial charge in [-0.05, 0) is 26.0 Å². The third-order valence-corrected chi connectivity index (χ3v) is 2.24. The number of carbonyl (C=O) groups is 1. The van der Waals surface area contributed by atoms with E-state index >= 15 is 0 Å². The number of carbonyl (C=O) groups excluding carboxylic acids is 1. The van der Waals surface area contributed by atoms with Gasteiger partial charge >= 0.3 is 6.03 Å². The number of hydrogen-bond acceptors (Lipinski definition) is 2. The van der Waals surface area contributed by atoms with Crippen LogP contribution in [0.15, 0.2) is 24.3 Å². The van der Waals surface area contributed by atoms with Crippen LogP contribution in [-0.4, -0.2) is 23.5 Å². The van der Waals surface area contributed by atoms with E-state index in [1.807, 2.05) is 6.07 Å². The number of nitrogens with zero attached hydrogens (tertiary/aromatic N) is 2. The second-order valence-electron chi connectivity index (χ2n) is 3.79. The number of nitrogens with one attached hydrogen (secondary N) is 1. The lowest BCUT2D eigenvalue weighted by Crippen LogP contribution is -2.40. The van der Waals surface area contributed by atoms with Crippen molar-refractivity contribution in [1.29, 1.82) is 5.26 Å². The fourth-order valence-corrected chi connectivity index (χ4v) is 1.31. The predicted octanol–water partition coefficient (Wildman–Crippen LogP) is 2.59. The molecule has 0 radical (unpaired) electrons. The average Bonchev–Trinajstić information content (AvgIpc) is 2.28. The number of urea groups is 1. The summed E-state index contributed by atoms with van der Waals surface area (Å²) in [7, 11) is 0. The summed E-state index contributed by atoms with van der Waals surface area (Å²) in [6.07, 6.45) is 0. The molecule has 0 heterocycles. The average molecular weight is 235 g/mol. The Morgan fingerprint density at radius 3 is 2.71 bits per heavy atom. The van der Waals surface area contributed by atoms with E-state index in [1.165, 1.54) is 17.0 Å². The van der Waals surface area contributed by atoms with Crippen LogP contribution >= 0.6 is 0 Å². The number of hydrogen-bond donors (Lipinski definition) is 1. The van der Waals surface area contributed by atoms with Crippen molar-refractivity contribution in [1.82, 2.24) is 4.90 Å². The van der Waals surface area contributed by atoms with Gasteiger partial charge in [0.25, 0.3) is 0 Å². The van der Waals surface area contributed by atoms with E-state index in [0.717, 1.165) is 0 Å². The lowest BCUT2D eigenvalue weighted by atomic mass is 10.3. The van der Waals surface area contributed by atoms with Crippen molar-refractivity contribution in [3.63, 3.8) is 0 Å². The Kier molecular flexibility index (Phi) is 4.46. The summed E-state index contributed by atoms with van der Waals surface area (Å²) in [5.74, 6) is -0.499. The molecule has 1 aromatic rings. The van der Waals surface area contributed by atoms with Crippen LogP contribution in [0.25, 0.3) is 0 Å². The highest BCUT2D eigenvalue weighted by atomic mass is 19.1. The van der Waals surface area contributed by atoms with Crippen molar-refractivity contribution in [3.8, 4) is 6.07 Å². The van der Waals surface area contributed by atoms with Gasteiger partial charge in [0.2, 0.25) is 0 Å². The molecule has 1 rings (SSSR count). The van der Waals surface area contributed by atoms with Crippen LogP contribution in [0.3, 0.4) is 0 Å². The van der Waals surface area contributed by atoms with Gasteiger partial charge in [0.15, 0.2) is 0 Å². The topological polar surface area (TPSA) is 56.1 Å². The molecular weight excluding hydrogens is 221 g/mol. The molecule has 0 spiro atoms. The number of rotatable bonds is 3. The second-order valence-corrected chi connectivity index (χ2v) is 3.79. The minimum atomic E-state index is -0.499. The van der Waals surface area contributed by atoms with Crippen LogP contribution in [0.1, 0.15) is 13.8 Å². The number of anilines is 1. The highest BCUT2D eigenvalue weighted by Crippen LogP contribution is 2.13. The van der Waals surface area contributed by atoms with Crippen molar-refractivity contribution < 1.29 is 9.18 Å². The Balaban J connectivity index is 2.78. The molecule has 0 atom stereocenters. The van der Waals surface area contributed by atoms with Crippen LogP contribution < -0.4 is 5.32 Å². The molecule has 0 aliphatic carbocycles. The predicted molar refractivity (Wildman–Crippen MR) is 62.9 cm³/mol. The fourth-order valence-electron chi connectivity index (χ4n) is 1.31. The smallest absolute Gasteiger partial charge is 0.309 e. The maximum absolute atomic E-state index is 13.3. The molecule has 0 aromatic heterocycles. The third-order valence-electron chi connectivity index (χ3n) is 2.24. The highest BCUT2D eigenvalue weighted by molar-refractivity contribution is 5.89. The monoisotopic (exact) mass is 235 g/mol. The van der Waals surface area contributed by atoms with Crippen molar-refractivity contribution in [2.45, 2.75) is 19.9 Å². The van der Waals surface area contributed by atoms with Gasteiger partial charge in [-0.2, -0.15) is 5.26 Å². The quantitative estimate of drug-likeness (QED) is 0.818. The summed E-state index contributed by atoms with van der Waals surface area (Å²) in [4.78, 5) is 13.1. The van der Waals surface area contributed by atoms with Crippen LogP contribution in [0.2, 0.25) is 0 Å². The molecule has 1 N–H and O–H groups in total. The molecule has 0 unspecified atom stereocenters. The number of nitriles is 1. The van der Waals surface area contributed by atoms with E-state index < -0.39 is 11.8 Å². The van der Waals surface area contributed by atoms with E-state index in [2.05, 4.69) is 5.32 Å². The largest absolute Gasteiger partial charge is 0.323 e.